The molecule has 8 nitrogen and oxygen atoms in total. The summed E-state index contributed by atoms with van der Waals surface area (Å²) in [6, 6.07) is 0. The molecule has 0 radical (unpaired) electrons. The zero-order chi connectivity index (χ0) is 21.3. The lowest BCUT2D eigenvalue weighted by atomic mass is 9.87. The maximum absolute atomic E-state index is 12.2. The van der Waals surface area contributed by atoms with Crippen LogP contribution in [0.1, 0.15) is 47.5 Å². The van der Waals surface area contributed by atoms with Crippen LogP contribution in [0, 0.1) is 17.8 Å². The summed E-state index contributed by atoms with van der Waals surface area (Å²) in [5.41, 5.74) is -0.307. The van der Waals surface area contributed by atoms with E-state index in [2.05, 4.69) is 0 Å². The lowest BCUT2D eigenvalue weighted by molar-refractivity contribution is -0.187. The van der Waals surface area contributed by atoms with Crippen LogP contribution in [0.25, 0.3) is 0 Å². The molecule has 3 rings (SSSR count). The first kappa shape index (κ1) is 21.4. The van der Waals surface area contributed by atoms with Crippen LogP contribution in [0.15, 0.2) is 23.7 Å². The molecule has 0 aromatic heterocycles. The van der Waals surface area contributed by atoms with E-state index in [-0.39, 0.29) is 36.4 Å². The molecule has 4 atom stereocenters. The normalized spacial score (nSPS) is 29.7. The fourth-order valence-corrected chi connectivity index (χ4v) is 3.66. The molecule has 160 valence electrons. The highest BCUT2D eigenvalue weighted by molar-refractivity contribution is 5.72. The van der Waals surface area contributed by atoms with Gasteiger partial charge in [0.2, 0.25) is 0 Å². The minimum Gasteiger partial charge on any atom is -0.458 e. The molecule has 4 unspecified atom stereocenters. The van der Waals surface area contributed by atoms with E-state index in [0.29, 0.717) is 12.2 Å². The van der Waals surface area contributed by atoms with Crippen LogP contribution in [-0.2, 0) is 38.1 Å². The van der Waals surface area contributed by atoms with Crippen molar-refractivity contribution in [3.63, 3.8) is 0 Å². The van der Waals surface area contributed by atoms with E-state index in [1.54, 1.807) is 6.08 Å². The van der Waals surface area contributed by atoms with Crippen LogP contribution >= 0.6 is 0 Å². The van der Waals surface area contributed by atoms with Crippen molar-refractivity contribution in [3.8, 4) is 0 Å². The second-order valence-electron chi connectivity index (χ2n) is 8.52. The third-order valence-corrected chi connectivity index (χ3v) is 4.93. The van der Waals surface area contributed by atoms with Crippen LogP contribution in [0.2, 0.25) is 0 Å². The molecule has 0 bridgehead atoms. The minimum atomic E-state index is -0.955. The average molecular weight is 408 g/mol. The van der Waals surface area contributed by atoms with Gasteiger partial charge in [-0.1, -0.05) is 27.7 Å². The second kappa shape index (κ2) is 8.18. The predicted octanol–water partition coefficient (Wildman–Crippen LogP) is 2.62. The van der Waals surface area contributed by atoms with Gasteiger partial charge in [0.15, 0.2) is 11.9 Å². The van der Waals surface area contributed by atoms with E-state index < -0.39 is 35.9 Å². The molecular weight excluding hydrogens is 380 g/mol. The van der Waals surface area contributed by atoms with Crippen molar-refractivity contribution in [2.24, 2.45) is 17.8 Å². The second-order valence-corrected chi connectivity index (χ2v) is 8.52. The summed E-state index contributed by atoms with van der Waals surface area (Å²) in [6.45, 7) is 9.28. The van der Waals surface area contributed by atoms with Gasteiger partial charge in [0.25, 0.3) is 6.29 Å². The molecule has 1 saturated heterocycles. The number of ether oxygens (including phenoxy) is 5. The summed E-state index contributed by atoms with van der Waals surface area (Å²) >= 11 is 0. The Morgan fingerprint density at radius 3 is 2.21 bits per heavy atom. The molecule has 0 amide bonds. The van der Waals surface area contributed by atoms with Crippen LogP contribution in [0.4, 0.5) is 0 Å². The van der Waals surface area contributed by atoms with E-state index in [1.807, 2.05) is 27.7 Å². The average Bonchev–Trinajstić information content (AvgIpc) is 3.29. The number of hydrogen-bond acceptors (Lipinski definition) is 8. The Labute approximate surface area is 170 Å². The van der Waals surface area contributed by atoms with Gasteiger partial charge in [-0.2, -0.15) is 0 Å². The SMILES string of the molecule is CC(=O)OC1=COC(OC(=O)CC(C)C)C2C1=CC(OC(=O)CC(C)C)C21CO1. The maximum Gasteiger partial charge on any atom is 0.309 e. The monoisotopic (exact) mass is 408 g/mol. The highest BCUT2D eigenvalue weighted by atomic mass is 16.7. The molecule has 0 aromatic carbocycles. The molecule has 29 heavy (non-hydrogen) atoms. The van der Waals surface area contributed by atoms with Crippen LogP contribution in [-0.4, -0.2) is 42.5 Å². The molecule has 1 fully saturated rings. The van der Waals surface area contributed by atoms with Gasteiger partial charge in [0.1, 0.15) is 11.9 Å². The molecule has 0 aromatic rings. The first-order chi connectivity index (χ1) is 13.6. The number of hydrogen-bond donors (Lipinski definition) is 0. The van der Waals surface area contributed by atoms with Gasteiger partial charge in [-0.15, -0.1) is 0 Å². The molecule has 1 aliphatic carbocycles. The molecule has 2 heterocycles. The Morgan fingerprint density at radius 1 is 1.10 bits per heavy atom. The van der Waals surface area contributed by atoms with Crippen molar-refractivity contribution in [3.05, 3.63) is 23.7 Å². The van der Waals surface area contributed by atoms with Crippen molar-refractivity contribution in [1.82, 2.24) is 0 Å². The number of carbonyl (C=O) groups excluding carboxylic acids is 3. The first-order valence-electron chi connectivity index (χ1n) is 9.91. The van der Waals surface area contributed by atoms with E-state index in [0.717, 1.165) is 0 Å². The van der Waals surface area contributed by atoms with Gasteiger partial charge < -0.3 is 23.7 Å². The van der Waals surface area contributed by atoms with Gasteiger partial charge >= 0.3 is 17.9 Å². The summed E-state index contributed by atoms with van der Waals surface area (Å²) in [4.78, 5) is 36.0. The highest BCUT2D eigenvalue weighted by Crippen LogP contribution is 2.54. The quantitative estimate of drug-likeness (QED) is 0.360. The van der Waals surface area contributed by atoms with Gasteiger partial charge in [-0.25, -0.2) is 0 Å². The fourth-order valence-electron chi connectivity index (χ4n) is 3.66. The van der Waals surface area contributed by atoms with Gasteiger partial charge in [-0.3, -0.25) is 14.4 Å². The maximum atomic E-state index is 12.2. The Morgan fingerprint density at radius 2 is 1.69 bits per heavy atom. The molecular formula is C21H28O8. The Kier molecular flexibility index (Phi) is 6.03. The van der Waals surface area contributed by atoms with Crippen molar-refractivity contribution in [2.45, 2.75) is 65.5 Å². The number of fused-ring (bicyclic) bond motifs is 2. The van der Waals surface area contributed by atoms with Gasteiger partial charge in [0, 0.05) is 25.3 Å². The summed E-state index contributed by atoms with van der Waals surface area (Å²) in [7, 11) is 0. The molecule has 0 saturated carbocycles. The van der Waals surface area contributed by atoms with Crippen LogP contribution < -0.4 is 0 Å². The summed E-state index contributed by atoms with van der Waals surface area (Å²) in [5.74, 6) is -1.33. The standard InChI is InChI=1S/C21H28O8/c1-11(2)6-17(23)28-16-8-14-15(27-13(5)22)9-25-20(19(14)21(16)10-26-21)29-18(24)7-12(3)4/h8-9,11-12,16,19-20H,6-7,10H2,1-5H3. The minimum absolute atomic E-state index is 0.132. The number of carbonyl (C=O) groups is 3. The molecule has 0 N–H and O–H groups in total. The van der Waals surface area contributed by atoms with Crippen LogP contribution in [0.3, 0.4) is 0 Å². The molecule has 3 aliphatic rings. The van der Waals surface area contributed by atoms with Gasteiger partial charge in [-0.05, 0) is 17.9 Å². The van der Waals surface area contributed by atoms with E-state index in [1.165, 1.54) is 13.2 Å². The zero-order valence-corrected chi connectivity index (χ0v) is 17.4. The van der Waals surface area contributed by atoms with Crippen molar-refractivity contribution < 1.29 is 38.1 Å². The van der Waals surface area contributed by atoms with E-state index in [4.69, 9.17) is 23.7 Å². The van der Waals surface area contributed by atoms with E-state index >= 15 is 0 Å². The Balaban J connectivity index is 1.85. The third kappa shape index (κ3) is 4.63. The van der Waals surface area contributed by atoms with Crippen molar-refractivity contribution >= 4 is 17.9 Å². The first-order valence-corrected chi connectivity index (χ1v) is 9.91. The molecule has 1 spiro atoms. The Bertz CT molecular complexity index is 744. The predicted molar refractivity (Wildman–Crippen MR) is 99.9 cm³/mol. The topological polar surface area (TPSA) is 101 Å². The molecule has 2 aliphatic heterocycles. The number of esters is 3. The summed E-state index contributed by atoms with van der Waals surface area (Å²) in [6.07, 6.45) is 1.84. The number of rotatable bonds is 7. The smallest absolute Gasteiger partial charge is 0.309 e. The number of allylic oxidation sites excluding steroid dienone is 1. The fraction of sp³-hybridized carbons (Fsp3) is 0.667. The largest absolute Gasteiger partial charge is 0.458 e. The summed E-state index contributed by atoms with van der Waals surface area (Å²) in [5, 5.41) is 0. The van der Waals surface area contributed by atoms with Crippen LogP contribution in [0.5, 0.6) is 0 Å². The zero-order valence-electron chi connectivity index (χ0n) is 17.4. The third-order valence-electron chi connectivity index (χ3n) is 4.93. The highest BCUT2D eigenvalue weighted by Gasteiger charge is 2.68. The van der Waals surface area contributed by atoms with Crippen molar-refractivity contribution in [1.29, 1.82) is 0 Å². The lowest BCUT2D eigenvalue weighted by Crippen LogP contribution is -2.44. The van der Waals surface area contributed by atoms with Crippen molar-refractivity contribution in [2.75, 3.05) is 6.61 Å². The molecule has 8 heteroatoms. The van der Waals surface area contributed by atoms with Gasteiger partial charge in [0.05, 0.1) is 12.5 Å². The van der Waals surface area contributed by atoms with E-state index in [9.17, 15) is 14.4 Å². The lowest BCUT2D eigenvalue weighted by Gasteiger charge is -2.33. The summed E-state index contributed by atoms with van der Waals surface area (Å²) < 4.78 is 27.8. The number of epoxide rings is 1. The Hall–Kier alpha value is -2.35.